The minimum absolute atomic E-state index is 0.0314. The highest BCUT2D eigenvalue weighted by Crippen LogP contribution is 2.14. The van der Waals surface area contributed by atoms with Crippen LogP contribution >= 0.6 is 0 Å². The minimum Gasteiger partial charge on any atom is -0.354 e. The molecule has 1 unspecified atom stereocenters. The summed E-state index contributed by atoms with van der Waals surface area (Å²) in [4.78, 5) is 8.95. The van der Waals surface area contributed by atoms with Crippen molar-refractivity contribution < 1.29 is 0 Å². The van der Waals surface area contributed by atoms with E-state index in [4.69, 9.17) is 10.5 Å². The Labute approximate surface area is 120 Å². The van der Waals surface area contributed by atoms with Gasteiger partial charge in [-0.2, -0.15) is 10.5 Å². The predicted molar refractivity (Wildman–Crippen MR) is 76.8 cm³/mol. The summed E-state index contributed by atoms with van der Waals surface area (Å²) in [5.41, 5.74) is 0. The molecule has 0 aliphatic carbocycles. The third kappa shape index (κ3) is 3.94. The molecule has 2 rings (SSSR count). The summed E-state index contributed by atoms with van der Waals surface area (Å²) in [7, 11) is 0. The fourth-order valence-electron chi connectivity index (χ4n) is 2.45. The van der Waals surface area contributed by atoms with Gasteiger partial charge in [-0.25, -0.2) is 4.98 Å². The average Bonchev–Trinajstić information content (AvgIpc) is 2.53. The van der Waals surface area contributed by atoms with Gasteiger partial charge >= 0.3 is 0 Å². The van der Waals surface area contributed by atoms with Gasteiger partial charge in [-0.15, -0.1) is 0 Å². The predicted octanol–water partition coefficient (Wildman–Crippen LogP) is 1.65. The van der Waals surface area contributed by atoms with Gasteiger partial charge in [0, 0.05) is 45.3 Å². The number of nitrogens with zero attached hydrogens (tertiary/aromatic N) is 5. The third-order valence-electron chi connectivity index (χ3n) is 3.61. The Morgan fingerprint density at radius 1 is 1.20 bits per heavy atom. The molecular formula is C15H19N5. The molecule has 0 N–H and O–H groups in total. The molecule has 1 atom stereocenters. The number of aromatic nitrogens is 1. The number of anilines is 1. The van der Waals surface area contributed by atoms with Crippen LogP contribution in [0.3, 0.4) is 0 Å². The number of piperazine rings is 1. The second-order valence-corrected chi connectivity index (χ2v) is 5.00. The van der Waals surface area contributed by atoms with Crippen LogP contribution in [0.5, 0.6) is 0 Å². The molecule has 1 fully saturated rings. The summed E-state index contributed by atoms with van der Waals surface area (Å²) in [5.74, 6) is 0.990. The Hall–Kier alpha value is -2.11. The first-order chi connectivity index (χ1) is 9.83. The lowest BCUT2D eigenvalue weighted by molar-refractivity contribution is 0.232. The minimum atomic E-state index is -0.0314. The molecule has 1 aromatic rings. The number of nitriles is 2. The summed E-state index contributed by atoms with van der Waals surface area (Å²) < 4.78 is 0. The molecule has 0 saturated carbocycles. The van der Waals surface area contributed by atoms with Gasteiger partial charge in [0.2, 0.25) is 0 Å². The average molecular weight is 269 g/mol. The molecule has 5 nitrogen and oxygen atoms in total. The normalized spacial score (nSPS) is 17.2. The monoisotopic (exact) mass is 269 g/mol. The van der Waals surface area contributed by atoms with Crippen molar-refractivity contribution in [3.63, 3.8) is 0 Å². The molecule has 104 valence electrons. The largest absolute Gasteiger partial charge is 0.354 e. The van der Waals surface area contributed by atoms with Crippen LogP contribution in [0.25, 0.3) is 0 Å². The van der Waals surface area contributed by atoms with Crippen LogP contribution in [0.4, 0.5) is 5.82 Å². The molecule has 1 aliphatic rings. The maximum atomic E-state index is 9.11. The molecule has 0 radical (unpaired) electrons. The zero-order chi connectivity index (χ0) is 14.2. The second kappa shape index (κ2) is 7.47. The van der Waals surface area contributed by atoms with E-state index in [0.29, 0.717) is 12.8 Å². The van der Waals surface area contributed by atoms with Crippen molar-refractivity contribution in [1.82, 2.24) is 9.88 Å². The number of rotatable bonds is 5. The van der Waals surface area contributed by atoms with Crippen molar-refractivity contribution in [2.75, 3.05) is 37.6 Å². The van der Waals surface area contributed by atoms with Crippen LogP contribution < -0.4 is 4.90 Å². The summed E-state index contributed by atoms with van der Waals surface area (Å²) in [6, 6.07) is 10.4. The van der Waals surface area contributed by atoms with E-state index in [1.165, 1.54) is 0 Å². The highest BCUT2D eigenvalue weighted by molar-refractivity contribution is 5.38. The quantitative estimate of drug-likeness (QED) is 0.813. The van der Waals surface area contributed by atoms with Gasteiger partial charge in [-0.3, -0.25) is 4.90 Å². The van der Waals surface area contributed by atoms with Gasteiger partial charge in [-0.05, 0) is 18.6 Å². The van der Waals surface area contributed by atoms with Crippen molar-refractivity contribution >= 4 is 5.82 Å². The molecule has 1 saturated heterocycles. The molecule has 0 spiro atoms. The fraction of sp³-hybridized carbons (Fsp3) is 0.533. The molecule has 1 aliphatic heterocycles. The SMILES string of the molecule is N#CCCC(C#N)CN1CCN(c2ccccn2)CC1. The molecule has 0 bridgehead atoms. The van der Waals surface area contributed by atoms with E-state index in [1.54, 1.807) is 0 Å². The summed E-state index contributed by atoms with van der Waals surface area (Å²) in [6.45, 7) is 4.54. The van der Waals surface area contributed by atoms with Crippen molar-refractivity contribution in [3.8, 4) is 12.1 Å². The first-order valence-corrected chi connectivity index (χ1v) is 6.98. The van der Waals surface area contributed by atoms with Crippen molar-refractivity contribution in [3.05, 3.63) is 24.4 Å². The Morgan fingerprint density at radius 3 is 2.60 bits per heavy atom. The summed E-state index contributed by atoms with van der Waals surface area (Å²) >= 11 is 0. The van der Waals surface area contributed by atoms with Crippen LogP contribution in [0, 0.1) is 28.6 Å². The fourth-order valence-corrected chi connectivity index (χ4v) is 2.45. The molecule has 2 heterocycles. The summed E-state index contributed by atoms with van der Waals surface area (Å²) in [6.07, 6.45) is 2.95. The molecule has 1 aromatic heterocycles. The van der Waals surface area contributed by atoms with E-state index in [0.717, 1.165) is 38.5 Å². The van der Waals surface area contributed by atoms with Crippen LogP contribution in [0.15, 0.2) is 24.4 Å². The Kier molecular flexibility index (Phi) is 5.34. The maximum absolute atomic E-state index is 9.11. The van der Waals surface area contributed by atoms with Gasteiger partial charge in [0.1, 0.15) is 5.82 Å². The smallest absolute Gasteiger partial charge is 0.128 e. The van der Waals surface area contributed by atoms with E-state index < -0.39 is 0 Å². The van der Waals surface area contributed by atoms with E-state index in [-0.39, 0.29) is 5.92 Å². The first-order valence-electron chi connectivity index (χ1n) is 6.98. The lowest BCUT2D eigenvalue weighted by Crippen LogP contribution is -2.48. The molecule has 5 heteroatoms. The molecule has 0 amide bonds. The zero-order valence-electron chi connectivity index (χ0n) is 11.6. The summed E-state index contributed by atoms with van der Waals surface area (Å²) in [5, 5.41) is 17.7. The third-order valence-corrected chi connectivity index (χ3v) is 3.61. The highest BCUT2D eigenvalue weighted by atomic mass is 15.3. The van der Waals surface area contributed by atoms with E-state index in [1.807, 2.05) is 24.4 Å². The van der Waals surface area contributed by atoms with E-state index in [2.05, 4.69) is 26.9 Å². The van der Waals surface area contributed by atoms with Crippen LogP contribution in [0.1, 0.15) is 12.8 Å². The number of hydrogen-bond acceptors (Lipinski definition) is 5. The molecule has 0 aromatic carbocycles. The van der Waals surface area contributed by atoms with Crippen LogP contribution in [-0.2, 0) is 0 Å². The van der Waals surface area contributed by atoms with E-state index in [9.17, 15) is 0 Å². The van der Waals surface area contributed by atoms with Gasteiger partial charge in [0.25, 0.3) is 0 Å². The van der Waals surface area contributed by atoms with Crippen molar-refractivity contribution in [1.29, 1.82) is 10.5 Å². The van der Waals surface area contributed by atoms with Crippen LogP contribution in [0.2, 0.25) is 0 Å². The van der Waals surface area contributed by atoms with Gasteiger partial charge in [0.05, 0.1) is 18.1 Å². The van der Waals surface area contributed by atoms with Gasteiger partial charge in [0.15, 0.2) is 0 Å². The topological polar surface area (TPSA) is 67.0 Å². The number of pyridine rings is 1. The lowest BCUT2D eigenvalue weighted by atomic mass is 10.0. The van der Waals surface area contributed by atoms with Gasteiger partial charge < -0.3 is 4.90 Å². The molecular weight excluding hydrogens is 250 g/mol. The van der Waals surface area contributed by atoms with Gasteiger partial charge in [-0.1, -0.05) is 6.07 Å². The highest BCUT2D eigenvalue weighted by Gasteiger charge is 2.20. The standard InChI is InChI=1S/C15H19N5/c16-6-3-4-14(12-17)13-19-8-10-20(11-9-19)15-5-1-2-7-18-15/h1-2,5,7,14H,3-4,8-11,13H2. The number of hydrogen-bond donors (Lipinski definition) is 0. The lowest BCUT2D eigenvalue weighted by Gasteiger charge is -2.36. The Bertz CT molecular complexity index is 479. The second-order valence-electron chi connectivity index (χ2n) is 5.00. The van der Waals surface area contributed by atoms with E-state index >= 15 is 0 Å². The van der Waals surface area contributed by atoms with Crippen LogP contribution in [-0.4, -0.2) is 42.6 Å². The Balaban J connectivity index is 1.80. The molecule has 20 heavy (non-hydrogen) atoms. The maximum Gasteiger partial charge on any atom is 0.128 e. The van der Waals surface area contributed by atoms with Crippen molar-refractivity contribution in [2.45, 2.75) is 12.8 Å². The Morgan fingerprint density at radius 2 is 2.00 bits per heavy atom. The first kappa shape index (κ1) is 14.3. The van der Waals surface area contributed by atoms with Crippen molar-refractivity contribution in [2.24, 2.45) is 5.92 Å². The zero-order valence-corrected chi connectivity index (χ0v) is 11.6.